The Morgan fingerprint density at radius 1 is 1.24 bits per heavy atom. The van der Waals surface area contributed by atoms with E-state index in [1.54, 1.807) is 25.1 Å². The lowest BCUT2D eigenvalue weighted by atomic mass is 9.82. The first-order chi connectivity index (χ1) is 12.0. The van der Waals surface area contributed by atoms with E-state index in [4.69, 9.17) is 5.73 Å². The molecule has 134 valence electrons. The number of benzene rings is 1. The summed E-state index contributed by atoms with van der Waals surface area (Å²) in [7, 11) is 0. The third-order valence-corrected chi connectivity index (χ3v) is 5.13. The first-order valence-electron chi connectivity index (χ1n) is 8.75. The van der Waals surface area contributed by atoms with E-state index < -0.39 is 6.04 Å². The number of nitrogens with two attached hydrogens (primary N) is 1. The molecule has 3 rings (SSSR count). The number of hydrogen-bond donors (Lipinski definition) is 1. The van der Waals surface area contributed by atoms with Gasteiger partial charge in [-0.15, -0.1) is 0 Å². The van der Waals surface area contributed by atoms with Gasteiger partial charge in [-0.25, -0.2) is 4.63 Å². The molecule has 1 saturated heterocycles. The van der Waals surface area contributed by atoms with Crippen LogP contribution in [0.2, 0.25) is 0 Å². The molecule has 1 aromatic carbocycles. The van der Waals surface area contributed by atoms with Crippen LogP contribution in [0.5, 0.6) is 0 Å². The van der Waals surface area contributed by atoms with Crippen molar-refractivity contribution in [3.8, 4) is 0 Å². The molecule has 2 atom stereocenters. The summed E-state index contributed by atoms with van der Waals surface area (Å²) in [5, 5.41) is 7.53. The van der Waals surface area contributed by atoms with Gasteiger partial charge in [0.25, 0.3) is 0 Å². The number of nitrogens with zero attached hydrogens (tertiary/aromatic N) is 3. The number of Topliss-reactive ketones (excluding diaryl/α,β-unsaturated/α-hetero) is 1. The number of rotatable bonds is 5. The van der Waals surface area contributed by atoms with Crippen LogP contribution in [0.1, 0.15) is 43.5 Å². The van der Waals surface area contributed by atoms with Gasteiger partial charge < -0.3 is 10.6 Å². The Kier molecular flexibility index (Phi) is 5.13. The Morgan fingerprint density at radius 2 is 1.92 bits per heavy atom. The summed E-state index contributed by atoms with van der Waals surface area (Å²) in [5.74, 6) is 0.827. The van der Waals surface area contributed by atoms with Gasteiger partial charge in [-0.05, 0) is 60.1 Å². The zero-order valence-electron chi connectivity index (χ0n) is 14.6. The number of fused-ring (bicyclic) bond motifs is 1. The first-order valence-corrected chi connectivity index (χ1v) is 8.75. The highest BCUT2D eigenvalue weighted by Gasteiger charge is 2.28. The zero-order chi connectivity index (χ0) is 18.0. The molecular weight excluding hydrogens is 320 g/mol. The second kappa shape index (κ2) is 7.31. The molecule has 1 aliphatic heterocycles. The lowest BCUT2D eigenvalue weighted by Crippen LogP contribution is -2.46. The van der Waals surface area contributed by atoms with Crippen LogP contribution in [-0.2, 0) is 4.79 Å². The van der Waals surface area contributed by atoms with Crippen molar-refractivity contribution in [2.24, 2.45) is 17.6 Å². The van der Waals surface area contributed by atoms with Crippen LogP contribution in [0.25, 0.3) is 11.0 Å². The second-order valence-electron chi connectivity index (χ2n) is 7.02. The van der Waals surface area contributed by atoms with Gasteiger partial charge in [0.05, 0.1) is 6.04 Å². The van der Waals surface area contributed by atoms with Gasteiger partial charge in [0.15, 0.2) is 5.78 Å². The van der Waals surface area contributed by atoms with E-state index in [1.807, 2.05) is 4.90 Å². The molecular formula is C18H24N4O3. The van der Waals surface area contributed by atoms with Gasteiger partial charge in [-0.3, -0.25) is 9.59 Å². The fraction of sp³-hybridized carbons (Fsp3) is 0.556. The molecule has 1 unspecified atom stereocenters. The van der Waals surface area contributed by atoms with Crippen LogP contribution in [0.3, 0.4) is 0 Å². The highest BCUT2D eigenvalue weighted by atomic mass is 16.6. The molecule has 0 aliphatic carbocycles. The van der Waals surface area contributed by atoms with Crippen molar-refractivity contribution < 1.29 is 14.2 Å². The fourth-order valence-corrected chi connectivity index (χ4v) is 3.51. The van der Waals surface area contributed by atoms with Crippen LogP contribution < -0.4 is 5.73 Å². The summed E-state index contributed by atoms with van der Waals surface area (Å²) < 4.78 is 4.67. The highest BCUT2D eigenvalue weighted by molar-refractivity contribution is 5.98. The maximum absolute atomic E-state index is 12.6. The van der Waals surface area contributed by atoms with E-state index in [-0.39, 0.29) is 17.6 Å². The lowest BCUT2D eigenvalue weighted by Gasteiger charge is -2.35. The minimum Gasteiger partial charge on any atom is -0.341 e. The number of ketones is 1. The molecule has 25 heavy (non-hydrogen) atoms. The van der Waals surface area contributed by atoms with Gasteiger partial charge in [0.1, 0.15) is 11.0 Å². The van der Waals surface area contributed by atoms with Gasteiger partial charge in [-0.2, -0.15) is 0 Å². The molecule has 0 radical (unpaired) electrons. The first kappa shape index (κ1) is 17.5. The average Bonchev–Trinajstić information content (AvgIpc) is 3.08. The van der Waals surface area contributed by atoms with Crippen molar-refractivity contribution in [2.45, 2.75) is 39.2 Å². The largest absolute Gasteiger partial charge is 0.341 e. The van der Waals surface area contributed by atoms with E-state index in [1.165, 1.54) is 0 Å². The number of piperidine rings is 1. The Labute approximate surface area is 146 Å². The number of hydrogen-bond acceptors (Lipinski definition) is 6. The van der Waals surface area contributed by atoms with Gasteiger partial charge in [0.2, 0.25) is 5.91 Å². The summed E-state index contributed by atoms with van der Waals surface area (Å²) >= 11 is 0. The highest BCUT2D eigenvalue weighted by Crippen LogP contribution is 2.28. The van der Waals surface area contributed by atoms with Crippen LogP contribution in [-0.4, -0.2) is 46.0 Å². The molecule has 7 nitrogen and oxygen atoms in total. The van der Waals surface area contributed by atoms with Crippen LogP contribution in [0.15, 0.2) is 22.8 Å². The second-order valence-corrected chi connectivity index (χ2v) is 7.02. The van der Waals surface area contributed by atoms with Crippen molar-refractivity contribution in [2.75, 3.05) is 13.1 Å². The average molecular weight is 344 g/mol. The fourth-order valence-electron chi connectivity index (χ4n) is 3.51. The standard InChI is InChI=1S/C18H24N4O3/c1-11(13-5-7-22(8-6-13)18(24)12(2)19)9-17(23)14-3-4-15-16(10-14)21-25-20-15/h3-4,10-13H,5-9,19H2,1-2H3/t11?,12-/m0/s1. The predicted octanol–water partition coefficient (Wildman–Crippen LogP) is 2.02. The Hall–Kier alpha value is -2.28. The number of likely N-dealkylation sites (tertiary alicyclic amines) is 1. The predicted molar refractivity (Wildman–Crippen MR) is 92.9 cm³/mol. The maximum atomic E-state index is 12.6. The van der Waals surface area contributed by atoms with Crippen LogP contribution >= 0.6 is 0 Å². The lowest BCUT2D eigenvalue weighted by molar-refractivity contribution is -0.133. The van der Waals surface area contributed by atoms with E-state index >= 15 is 0 Å². The molecule has 2 heterocycles. The van der Waals surface area contributed by atoms with Crippen molar-refractivity contribution in [3.05, 3.63) is 23.8 Å². The molecule has 0 spiro atoms. The zero-order valence-corrected chi connectivity index (χ0v) is 14.6. The molecule has 0 bridgehead atoms. The topological polar surface area (TPSA) is 102 Å². The smallest absolute Gasteiger partial charge is 0.239 e. The third-order valence-electron chi connectivity index (χ3n) is 5.13. The monoisotopic (exact) mass is 344 g/mol. The van der Waals surface area contributed by atoms with E-state index in [2.05, 4.69) is 21.9 Å². The Morgan fingerprint density at radius 3 is 2.60 bits per heavy atom. The summed E-state index contributed by atoms with van der Waals surface area (Å²) in [6.07, 6.45) is 2.32. The van der Waals surface area contributed by atoms with Crippen LogP contribution in [0.4, 0.5) is 0 Å². The van der Waals surface area contributed by atoms with Crippen molar-refractivity contribution in [3.63, 3.8) is 0 Å². The van der Waals surface area contributed by atoms with Crippen molar-refractivity contribution in [1.29, 1.82) is 0 Å². The maximum Gasteiger partial charge on any atom is 0.239 e. The molecule has 1 aliphatic rings. The molecule has 1 fully saturated rings. The molecule has 1 amide bonds. The Balaban J connectivity index is 1.56. The summed E-state index contributed by atoms with van der Waals surface area (Å²) in [4.78, 5) is 26.4. The van der Waals surface area contributed by atoms with Crippen molar-refractivity contribution >= 4 is 22.7 Å². The number of carbonyl (C=O) groups is 2. The molecule has 0 saturated carbocycles. The van der Waals surface area contributed by atoms with E-state index in [9.17, 15) is 9.59 Å². The molecule has 7 heteroatoms. The number of carbonyl (C=O) groups excluding carboxylic acids is 2. The van der Waals surface area contributed by atoms with Crippen LogP contribution in [0, 0.1) is 11.8 Å². The quantitative estimate of drug-likeness (QED) is 0.833. The molecule has 2 N–H and O–H groups in total. The SMILES string of the molecule is CC(CC(=O)c1ccc2nonc2c1)C1CCN(C(=O)[C@H](C)N)CC1. The Bertz CT molecular complexity index is 763. The molecule has 1 aromatic heterocycles. The van der Waals surface area contributed by atoms with E-state index in [0.29, 0.717) is 28.9 Å². The van der Waals surface area contributed by atoms with Gasteiger partial charge >= 0.3 is 0 Å². The number of aromatic nitrogens is 2. The minimum atomic E-state index is -0.448. The molecule has 2 aromatic rings. The summed E-state index contributed by atoms with van der Waals surface area (Å²) in [6.45, 7) is 5.28. The van der Waals surface area contributed by atoms with Gasteiger partial charge in [-0.1, -0.05) is 6.92 Å². The van der Waals surface area contributed by atoms with Gasteiger partial charge in [0, 0.05) is 25.1 Å². The number of amides is 1. The third kappa shape index (κ3) is 3.87. The normalized spacial score (nSPS) is 18.3. The minimum absolute atomic E-state index is 0.0108. The summed E-state index contributed by atoms with van der Waals surface area (Å²) in [6, 6.07) is 4.80. The van der Waals surface area contributed by atoms with E-state index in [0.717, 1.165) is 25.9 Å². The van der Waals surface area contributed by atoms with Crippen molar-refractivity contribution in [1.82, 2.24) is 15.2 Å². The summed E-state index contributed by atoms with van der Waals surface area (Å²) in [5.41, 5.74) is 7.56.